The molecule has 3 aliphatic carbocycles. The van der Waals surface area contributed by atoms with Crippen LogP contribution in [0.4, 0.5) is 0 Å². The van der Waals surface area contributed by atoms with Crippen molar-refractivity contribution in [2.75, 3.05) is 0 Å². The summed E-state index contributed by atoms with van der Waals surface area (Å²) in [5, 5.41) is 12.4. The largest absolute Gasteiger partial charge is 0.385 e. The summed E-state index contributed by atoms with van der Waals surface area (Å²) in [6.45, 7) is 8.96. The fourth-order valence-corrected chi connectivity index (χ4v) is 5.54. The molecule has 0 aromatic carbocycles. The molecule has 3 aliphatic rings. The van der Waals surface area contributed by atoms with Crippen LogP contribution in [0.3, 0.4) is 0 Å². The van der Waals surface area contributed by atoms with Crippen LogP contribution < -0.4 is 0 Å². The minimum absolute atomic E-state index is 0.204. The smallest absolute Gasteiger partial charge is 0.159 e. The van der Waals surface area contributed by atoms with E-state index in [0.717, 1.165) is 18.4 Å². The number of carbonyl (C=O) groups excluding carboxylic acids is 1. The van der Waals surface area contributed by atoms with E-state index < -0.39 is 13.7 Å². The summed E-state index contributed by atoms with van der Waals surface area (Å²) < 4.78 is 0. The van der Waals surface area contributed by atoms with Gasteiger partial charge in [-0.25, -0.2) is 0 Å². The van der Waals surface area contributed by atoms with Gasteiger partial charge in [0.25, 0.3) is 0 Å². The van der Waals surface area contributed by atoms with Crippen LogP contribution in [-0.2, 0) is 4.79 Å². The normalized spacial score (nSPS) is 39.2. The second-order valence-electron chi connectivity index (χ2n) is 7.28. The Morgan fingerprint density at radius 2 is 2.00 bits per heavy atom. The molecule has 1 saturated carbocycles. The van der Waals surface area contributed by atoms with Gasteiger partial charge in [-0.2, -0.15) is 0 Å². The van der Waals surface area contributed by atoms with E-state index in [2.05, 4.69) is 25.7 Å². The molecule has 0 unspecified atom stereocenters. The zero-order chi connectivity index (χ0) is 13.3. The van der Waals surface area contributed by atoms with Gasteiger partial charge in [0.05, 0.1) is 13.7 Å². The topological polar surface area (TPSA) is 37.3 Å². The highest BCUT2D eigenvalue weighted by Gasteiger charge is 2.55. The van der Waals surface area contributed by atoms with Gasteiger partial charge in [0.15, 0.2) is 5.78 Å². The third kappa shape index (κ3) is 1.53. The van der Waals surface area contributed by atoms with E-state index in [1.54, 1.807) is 0 Å². The van der Waals surface area contributed by atoms with Crippen LogP contribution in [0.1, 0.15) is 26.2 Å². The molecule has 1 fully saturated rings. The second kappa shape index (κ2) is 3.45. The Morgan fingerprint density at radius 3 is 2.61 bits per heavy atom. The Bertz CT molecular complexity index is 495. The molecule has 0 aliphatic heterocycles. The number of rotatable bonds is 1. The summed E-state index contributed by atoms with van der Waals surface area (Å²) in [6.07, 6.45) is 4.55. The summed E-state index contributed by atoms with van der Waals surface area (Å²) >= 11 is 0. The van der Waals surface area contributed by atoms with E-state index in [-0.39, 0.29) is 5.92 Å². The van der Waals surface area contributed by atoms with Crippen LogP contribution in [0, 0.1) is 11.8 Å². The maximum Gasteiger partial charge on any atom is 0.159 e. The highest BCUT2D eigenvalue weighted by atomic mass is 28.3. The zero-order valence-electron chi connectivity index (χ0n) is 11.7. The van der Waals surface area contributed by atoms with Crippen LogP contribution in [0.25, 0.3) is 0 Å². The van der Waals surface area contributed by atoms with Crippen LogP contribution in [-0.4, -0.2) is 24.6 Å². The molecule has 18 heavy (non-hydrogen) atoms. The molecule has 0 heterocycles. The van der Waals surface area contributed by atoms with Crippen molar-refractivity contribution >= 4 is 13.9 Å². The lowest BCUT2D eigenvalue weighted by Gasteiger charge is -2.22. The number of carbonyl (C=O) groups is 1. The number of aliphatic hydroxyl groups is 1. The molecule has 2 nitrogen and oxygen atoms in total. The van der Waals surface area contributed by atoms with Gasteiger partial charge in [-0.05, 0) is 31.3 Å². The predicted octanol–water partition coefficient (Wildman–Crippen LogP) is 2.85. The van der Waals surface area contributed by atoms with Crippen molar-refractivity contribution in [3.63, 3.8) is 0 Å². The highest BCUT2D eigenvalue weighted by molar-refractivity contribution is 6.83. The molecule has 0 saturated heterocycles. The first kappa shape index (κ1) is 12.4. The molecule has 0 amide bonds. The standard InChI is InChI=1S/C15H22O2Si/c1-9-13(16)5-10-7-15(17)8-11(18(2,3)4)6-12(15)14(9)10/h8,10,12,17H,5-7H2,1-4H3/t10-,12+,15-/m0/s1. The van der Waals surface area contributed by atoms with Crippen molar-refractivity contribution in [1.29, 1.82) is 0 Å². The van der Waals surface area contributed by atoms with Crippen molar-refractivity contribution in [2.45, 2.75) is 51.4 Å². The highest BCUT2D eigenvalue weighted by Crippen LogP contribution is 2.57. The van der Waals surface area contributed by atoms with E-state index in [1.165, 1.54) is 10.8 Å². The quantitative estimate of drug-likeness (QED) is 0.738. The van der Waals surface area contributed by atoms with Gasteiger partial charge in [-0.15, -0.1) is 0 Å². The van der Waals surface area contributed by atoms with E-state index in [0.29, 0.717) is 18.1 Å². The van der Waals surface area contributed by atoms with Crippen molar-refractivity contribution in [3.8, 4) is 0 Å². The van der Waals surface area contributed by atoms with Crippen molar-refractivity contribution in [3.05, 3.63) is 22.4 Å². The van der Waals surface area contributed by atoms with Gasteiger partial charge >= 0.3 is 0 Å². The molecule has 3 atom stereocenters. The second-order valence-corrected chi connectivity index (χ2v) is 12.4. The summed E-state index contributed by atoms with van der Waals surface area (Å²) in [5.74, 6) is 0.834. The lowest BCUT2D eigenvalue weighted by atomic mass is 9.90. The number of Topliss-reactive ketones (excluding diaryl/α,β-unsaturated/α-hetero) is 1. The molecule has 0 aromatic rings. The van der Waals surface area contributed by atoms with Crippen LogP contribution >= 0.6 is 0 Å². The maximum absolute atomic E-state index is 11.8. The first-order valence-electron chi connectivity index (χ1n) is 6.91. The van der Waals surface area contributed by atoms with Crippen molar-refractivity contribution < 1.29 is 9.90 Å². The summed E-state index contributed by atoms with van der Waals surface area (Å²) in [6, 6.07) is 0. The van der Waals surface area contributed by atoms with Crippen LogP contribution in [0.5, 0.6) is 0 Å². The Kier molecular flexibility index (Phi) is 2.37. The Labute approximate surface area is 110 Å². The van der Waals surface area contributed by atoms with Gasteiger partial charge in [0.2, 0.25) is 0 Å². The van der Waals surface area contributed by atoms with Gasteiger partial charge in [0.1, 0.15) is 0 Å². The van der Waals surface area contributed by atoms with Gasteiger partial charge in [-0.3, -0.25) is 4.79 Å². The maximum atomic E-state index is 11.8. The number of hydrogen-bond donors (Lipinski definition) is 1. The van der Waals surface area contributed by atoms with Gasteiger partial charge in [-0.1, -0.05) is 36.5 Å². The average Bonchev–Trinajstić information content (AvgIpc) is 2.74. The minimum Gasteiger partial charge on any atom is -0.385 e. The monoisotopic (exact) mass is 262 g/mol. The van der Waals surface area contributed by atoms with Gasteiger partial charge < -0.3 is 5.11 Å². The number of hydrogen-bond acceptors (Lipinski definition) is 2. The number of ketones is 1. The Morgan fingerprint density at radius 1 is 1.33 bits per heavy atom. The predicted molar refractivity (Wildman–Crippen MR) is 74.9 cm³/mol. The first-order valence-corrected chi connectivity index (χ1v) is 10.4. The molecule has 0 radical (unpaired) electrons. The molecule has 0 spiro atoms. The van der Waals surface area contributed by atoms with E-state index in [4.69, 9.17) is 0 Å². The molecule has 0 bridgehead atoms. The average molecular weight is 262 g/mol. The minimum atomic E-state index is -1.33. The SMILES string of the molecule is CC1=C2[C@@H](CC1=O)C[C@]1(O)C=C([Si](C)(C)C)C[C@H]21. The lowest BCUT2D eigenvalue weighted by Crippen LogP contribution is -2.28. The first-order chi connectivity index (χ1) is 8.22. The molecular weight excluding hydrogens is 240 g/mol. The van der Waals surface area contributed by atoms with E-state index in [9.17, 15) is 9.90 Å². The van der Waals surface area contributed by atoms with Crippen LogP contribution in [0.2, 0.25) is 19.6 Å². The third-order valence-corrected chi connectivity index (χ3v) is 7.36. The zero-order valence-corrected chi connectivity index (χ0v) is 12.7. The molecule has 0 aromatic heterocycles. The van der Waals surface area contributed by atoms with Crippen molar-refractivity contribution in [1.82, 2.24) is 0 Å². The number of fused-ring (bicyclic) bond motifs is 3. The van der Waals surface area contributed by atoms with Crippen LogP contribution in [0.15, 0.2) is 22.4 Å². The summed E-state index contributed by atoms with van der Waals surface area (Å²) in [4.78, 5) is 11.8. The molecule has 1 N–H and O–H groups in total. The van der Waals surface area contributed by atoms with Gasteiger partial charge in [0, 0.05) is 12.3 Å². The van der Waals surface area contributed by atoms with E-state index in [1.807, 2.05) is 6.92 Å². The third-order valence-electron chi connectivity index (χ3n) is 5.09. The van der Waals surface area contributed by atoms with E-state index >= 15 is 0 Å². The molecule has 98 valence electrons. The molecule has 3 heteroatoms. The number of allylic oxidation sites excluding steroid dienone is 2. The summed E-state index contributed by atoms with van der Waals surface area (Å²) in [5.41, 5.74) is 1.59. The molecular formula is C15H22O2Si. The lowest BCUT2D eigenvalue weighted by molar-refractivity contribution is -0.115. The van der Waals surface area contributed by atoms with Crippen molar-refractivity contribution in [2.24, 2.45) is 11.8 Å². The Balaban J connectivity index is 2.01. The molecule has 3 rings (SSSR count). The fraction of sp³-hybridized carbons (Fsp3) is 0.667. The summed E-state index contributed by atoms with van der Waals surface area (Å²) in [7, 11) is -1.33. The Hall–Kier alpha value is -0.673. The fourth-order valence-electron chi connectivity index (χ4n) is 4.04.